The van der Waals surface area contributed by atoms with Gasteiger partial charge >= 0.3 is 0 Å². The molecule has 0 unspecified atom stereocenters. The predicted molar refractivity (Wildman–Crippen MR) is 177 cm³/mol. The molecule has 0 fully saturated rings. The number of carbonyl (C=O) groups is 2. The number of nitrogens with one attached hydrogen (secondary N) is 2. The number of carbonyl (C=O) groups excluding carboxylic acids is 2. The Labute approximate surface area is 271 Å². The van der Waals surface area contributed by atoms with E-state index < -0.39 is 10.0 Å². The molecule has 4 rings (SSSR count). The number of amides is 2. The summed E-state index contributed by atoms with van der Waals surface area (Å²) in [5, 5.41) is 11.7. The van der Waals surface area contributed by atoms with Crippen molar-refractivity contribution in [2.24, 2.45) is 5.14 Å². The second-order valence-corrected chi connectivity index (χ2v) is 12.8. The lowest BCUT2D eigenvalue weighted by Gasteiger charge is -2.13. The molecular weight excluding hydrogens is 631 g/mol. The number of methoxy groups -OCH3 is 2. The van der Waals surface area contributed by atoms with Crippen molar-refractivity contribution in [1.82, 2.24) is 20.2 Å². The van der Waals surface area contributed by atoms with Gasteiger partial charge in [0, 0.05) is 26.1 Å². The van der Waals surface area contributed by atoms with Gasteiger partial charge in [0.1, 0.15) is 0 Å². The zero-order valence-corrected chi connectivity index (χ0v) is 27.3. The van der Waals surface area contributed by atoms with E-state index in [0.29, 0.717) is 59.9 Å². The first-order chi connectivity index (χ1) is 22.1. The Morgan fingerprint density at radius 2 is 1.54 bits per heavy atom. The van der Waals surface area contributed by atoms with Crippen LogP contribution in [-0.4, -0.2) is 62.8 Å². The van der Waals surface area contributed by atoms with Crippen LogP contribution in [0.15, 0.2) is 81.6 Å². The first-order valence-electron chi connectivity index (χ1n) is 14.6. The number of hydrogen-bond donors (Lipinski definition) is 3. The Bertz CT molecular complexity index is 1840. The maximum absolute atomic E-state index is 13.4. The van der Waals surface area contributed by atoms with Crippen LogP contribution >= 0.6 is 11.8 Å². The van der Waals surface area contributed by atoms with Gasteiger partial charge < -0.3 is 20.1 Å². The number of nitrogens with zero attached hydrogens (tertiary/aromatic N) is 2. The van der Waals surface area contributed by atoms with Crippen LogP contribution in [0.5, 0.6) is 11.5 Å². The second kappa shape index (κ2) is 16.2. The lowest BCUT2D eigenvalue weighted by Crippen LogP contribution is -2.29. The van der Waals surface area contributed by atoms with Crippen molar-refractivity contribution >= 4 is 44.5 Å². The van der Waals surface area contributed by atoms with Crippen LogP contribution < -0.4 is 30.8 Å². The number of fused-ring (bicyclic) bond motifs is 1. The lowest BCUT2D eigenvalue weighted by molar-refractivity contribution is -0.121. The minimum absolute atomic E-state index is 0.0253. The largest absolute Gasteiger partial charge is 0.493 e. The molecule has 4 aromatic rings. The Morgan fingerprint density at radius 3 is 2.24 bits per heavy atom. The monoisotopic (exact) mass is 667 g/mol. The average Bonchev–Trinajstić information content (AvgIpc) is 3.04. The molecule has 0 aliphatic rings. The first kappa shape index (κ1) is 34.5. The van der Waals surface area contributed by atoms with Gasteiger partial charge in [0.25, 0.3) is 5.56 Å². The summed E-state index contributed by atoms with van der Waals surface area (Å²) in [5.74, 6) is 0.928. The number of rotatable bonds is 16. The Hall–Kier alpha value is -4.40. The van der Waals surface area contributed by atoms with Gasteiger partial charge in [-0.15, -0.1) is 0 Å². The van der Waals surface area contributed by atoms with Gasteiger partial charge in [-0.2, -0.15) is 0 Å². The minimum atomic E-state index is -3.76. The Kier molecular flexibility index (Phi) is 12.2. The number of benzene rings is 3. The van der Waals surface area contributed by atoms with E-state index in [1.807, 2.05) is 18.2 Å². The molecule has 0 radical (unpaired) electrons. The molecule has 2 amide bonds. The van der Waals surface area contributed by atoms with Crippen LogP contribution in [0.4, 0.5) is 0 Å². The van der Waals surface area contributed by atoms with Crippen LogP contribution in [0.2, 0.25) is 0 Å². The molecule has 46 heavy (non-hydrogen) atoms. The minimum Gasteiger partial charge on any atom is -0.493 e. The van der Waals surface area contributed by atoms with Gasteiger partial charge in [-0.1, -0.05) is 42.1 Å². The second-order valence-electron chi connectivity index (χ2n) is 10.3. The molecule has 4 N–H and O–H groups in total. The van der Waals surface area contributed by atoms with Crippen molar-refractivity contribution in [2.45, 2.75) is 42.3 Å². The summed E-state index contributed by atoms with van der Waals surface area (Å²) < 4.78 is 35.0. The maximum atomic E-state index is 13.4. The highest BCUT2D eigenvalue weighted by molar-refractivity contribution is 7.99. The molecule has 12 nitrogen and oxygen atoms in total. The molecule has 1 heterocycles. The average molecular weight is 668 g/mol. The van der Waals surface area contributed by atoms with Crippen molar-refractivity contribution in [2.75, 3.05) is 33.1 Å². The molecule has 0 aliphatic heterocycles. The van der Waals surface area contributed by atoms with Crippen LogP contribution in [-0.2, 0) is 39.0 Å². The summed E-state index contributed by atoms with van der Waals surface area (Å²) in [6.45, 7) is 1.05. The third-order valence-corrected chi connectivity index (χ3v) is 9.02. The van der Waals surface area contributed by atoms with Crippen LogP contribution in [0.1, 0.15) is 24.0 Å². The number of aromatic nitrogens is 2. The summed E-state index contributed by atoms with van der Waals surface area (Å²) in [5.41, 5.74) is 2.14. The molecule has 1 aromatic heterocycles. The fourth-order valence-corrected chi connectivity index (χ4v) is 6.07. The van der Waals surface area contributed by atoms with Crippen molar-refractivity contribution in [3.8, 4) is 11.5 Å². The zero-order chi connectivity index (χ0) is 33.1. The number of sulfonamides is 1. The Morgan fingerprint density at radius 1 is 0.891 bits per heavy atom. The van der Waals surface area contributed by atoms with E-state index in [-0.39, 0.29) is 41.0 Å². The fraction of sp³-hybridized carbons (Fsp3) is 0.312. The maximum Gasteiger partial charge on any atom is 0.262 e. The third kappa shape index (κ3) is 9.55. The molecular formula is C32H37N5O7S2. The molecule has 0 spiro atoms. The van der Waals surface area contributed by atoms with E-state index in [0.717, 1.165) is 22.9 Å². The van der Waals surface area contributed by atoms with E-state index in [9.17, 15) is 22.8 Å². The van der Waals surface area contributed by atoms with E-state index in [1.54, 1.807) is 50.6 Å². The molecule has 0 saturated heterocycles. The van der Waals surface area contributed by atoms with E-state index in [4.69, 9.17) is 14.6 Å². The SMILES string of the molecule is COc1ccc(CCNC(=O)CCCn2c(SCC(=O)NCCc3ccc(S(N)(=O)=O)cc3)nc3ccccc3c2=O)cc1OC. The van der Waals surface area contributed by atoms with Crippen molar-refractivity contribution in [1.29, 1.82) is 0 Å². The van der Waals surface area contributed by atoms with Gasteiger partial charge in [0.2, 0.25) is 21.8 Å². The molecule has 0 aliphatic carbocycles. The van der Waals surface area contributed by atoms with E-state index in [2.05, 4.69) is 15.6 Å². The van der Waals surface area contributed by atoms with Crippen molar-refractivity contribution < 1.29 is 27.5 Å². The highest BCUT2D eigenvalue weighted by Crippen LogP contribution is 2.27. The number of hydrogen-bond acceptors (Lipinski definition) is 9. The van der Waals surface area contributed by atoms with Crippen molar-refractivity contribution in [3.05, 3.63) is 88.2 Å². The highest BCUT2D eigenvalue weighted by atomic mass is 32.2. The lowest BCUT2D eigenvalue weighted by atomic mass is 10.1. The number of para-hydroxylation sites is 1. The van der Waals surface area contributed by atoms with Gasteiger partial charge in [-0.25, -0.2) is 18.5 Å². The van der Waals surface area contributed by atoms with Gasteiger partial charge in [-0.05, 0) is 66.8 Å². The van der Waals surface area contributed by atoms with Crippen molar-refractivity contribution in [3.63, 3.8) is 0 Å². The Balaban J connectivity index is 1.29. The topological polar surface area (TPSA) is 172 Å². The fourth-order valence-electron chi connectivity index (χ4n) is 4.70. The first-order valence-corrected chi connectivity index (χ1v) is 17.1. The number of nitrogens with two attached hydrogens (primary N) is 1. The van der Waals surface area contributed by atoms with Gasteiger partial charge in [0.15, 0.2) is 16.7 Å². The zero-order valence-electron chi connectivity index (χ0n) is 25.7. The molecule has 3 aromatic carbocycles. The molecule has 0 atom stereocenters. The predicted octanol–water partition coefficient (Wildman–Crippen LogP) is 2.65. The molecule has 0 bridgehead atoms. The quantitative estimate of drug-likeness (QED) is 0.120. The third-order valence-electron chi connectivity index (χ3n) is 7.12. The normalized spacial score (nSPS) is 11.3. The molecule has 0 saturated carbocycles. The van der Waals surface area contributed by atoms with Crippen LogP contribution in [0.3, 0.4) is 0 Å². The van der Waals surface area contributed by atoms with Gasteiger partial charge in [0.05, 0.1) is 35.8 Å². The summed E-state index contributed by atoms with van der Waals surface area (Å²) in [4.78, 5) is 43.2. The highest BCUT2D eigenvalue weighted by Gasteiger charge is 2.14. The summed E-state index contributed by atoms with van der Waals surface area (Å²) in [6, 6.07) is 18.8. The summed E-state index contributed by atoms with van der Waals surface area (Å²) in [6.07, 6.45) is 1.74. The van der Waals surface area contributed by atoms with Crippen LogP contribution in [0, 0.1) is 0 Å². The number of primary sulfonamides is 1. The van der Waals surface area contributed by atoms with Gasteiger partial charge in [-0.3, -0.25) is 19.0 Å². The smallest absolute Gasteiger partial charge is 0.262 e. The standard InChI is InChI=1S/C32H37N5O7S2/c1-43-27-14-11-23(20-28(27)44-2)16-18-34-29(38)8-5-19-37-31(40)25-6-3-4-7-26(25)36-32(37)45-21-30(39)35-17-15-22-9-12-24(13-10-22)46(33,41)42/h3-4,6-7,9-14,20H,5,8,15-19,21H2,1-2H3,(H,34,38)(H,35,39)(H2,33,41,42). The van der Waals surface area contributed by atoms with Crippen LogP contribution in [0.25, 0.3) is 10.9 Å². The molecule has 14 heteroatoms. The summed E-state index contributed by atoms with van der Waals surface area (Å²) >= 11 is 1.15. The molecule has 244 valence electrons. The number of thioether (sulfide) groups is 1. The number of ether oxygens (including phenoxy) is 2. The van der Waals surface area contributed by atoms with E-state index in [1.165, 1.54) is 16.7 Å². The summed E-state index contributed by atoms with van der Waals surface area (Å²) in [7, 11) is -0.616. The van der Waals surface area contributed by atoms with E-state index >= 15 is 0 Å².